The predicted molar refractivity (Wildman–Crippen MR) is 173 cm³/mol. The molecule has 1 saturated heterocycles. The van der Waals surface area contributed by atoms with Gasteiger partial charge in [-0.25, -0.2) is 9.59 Å². The predicted octanol–water partition coefficient (Wildman–Crippen LogP) is 8.10. The summed E-state index contributed by atoms with van der Waals surface area (Å²) >= 11 is 0. The Balaban J connectivity index is 1.44. The average molecular weight is 600 g/mol. The van der Waals surface area contributed by atoms with E-state index < -0.39 is 17.3 Å². The van der Waals surface area contributed by atoms with E-state index in [2.05, 4.69) is 17.2 Å². The SMILES string of the molecule is CC1(Cc2ccc(C(=O)Cc3cc(-c4ccncc4)ccc3NC(=O)OC(C)(C)C)cc2)CCN(C(=O)OC(C)(C)C)CC1. The van der Waals surface area contributed by atoms with Crippen molar-refractivity contribution in [2.75, 3.05) is 18.4 Å². The molecule has 8 nitrogen and oxygen atoms in total. The van der Waals surface area contributed by atoms with Crippen LogP contribution in [0.2, 0.25) is 0 Å². The van der Waals surface area contributed by atoms with Gasteiger partial charge in [0.2, 0.25) is 0 Å². The lowest BCUT2D eigenvalue weighted by molar-refractivity contribution is 0.0119. The molecule has 44 heavy (non-hydrogen) atoms. The number of aromatic nitrogens is 1. The van der Waals surface area contributed by atoms with Crippen molar-refractivity contribution in [2.45, 2.75) is 85.4 Å². The lowest BCUT2D eigenvalue weighted by Crippen LogP contribution is -2.45. The molecule has 234 valence electrons. The van der Waals surface area contributed by atoms with Gasteiger partial charge >= 0.3 is 12.2 Å². The number of rotatable bonds is 7. The van der Waals surface area contributed by atoms with Gasteiger partial charge in [0.15, 0.2) is 5.78 Å². The number of benzene rings is 2. The summed E-state index contributed by atoms with van der Waals surface area (Å²) in [6.07, 6.45) is 5.36. The van der Waals surface area contributed by atoms with Gasteiger partial charge in [-0.05, 0) is 113 Å². The largest absolute Gasteiger partial charge is 0.444 e. The fourth-order valence-corrected chi connectivity index (χ4v) is 5.31. The highest BCUT2D eigenvalue weighted by atomic mass is 16.6. The van der Waals surface area contributed by atoms with Gasteiger partial charge in [-0.15, -0.1) is 0 Å². The molecule has 1 aliphatic rings. The molecule has 0 atom stereocenters. The summed E-state index contributed by atoms with van der Waals surface area (Å²) in [7, 11) is 0. The highest BCUT2D eigenvalue weighted by Gasteiger charge is 2.33. The minimum absolute atomic E-state index is 0.0486. The normalized spacial score (nSPS) is 14.9. The van der Waals surface area contributed by atoms with Crippen molar-refractivity contribution in [3.05, 3.63) is 83.7 Å². The first-order valence-corrected chi connectivity index (χ1v) is 15.2. The molecule has 8 heteroatoms. The van der Waals surface area contributed by atoms with Crippen LogP contribution in [0.15, 0.2) is 67.0 Å². The van der Waals surface area contributed by atoms with E-state index in [4.69, 9.17) is 9.47 Å². The second-order valence-electron chi connectivity index (χ2n) is 14.0. The van der Waals surface area contributed by atoms with Crippen molar-refractivity contribution in [2.24, 2.45) is 5.41 Å². The zero-order valence-electron chi connectivity index (χ0n) is 27.0. The van der Waals surface area contributed by atoms with E-state index in [1.165, 1.54) is 0 Å². The van der Waals surface area contributed by atoms with E-state index in [1.54, 1.807) is 44.1 Å². The number of pyridine rings is 1. The fraction of sp³-hybridized carbons (Fsp3) is 0.444. The molecule has 1 aliphatic heterocycles. The number of hydrogen-bond acceptors (Lipinski definition) is 6. The van der Waals surface area contributed by atoms with E-state index >= 15 is 0 Å². The van der Waals surface area contributed by atoms with Gasteiger partial charge in [0, 0.05) is 43.2 Å². The molecular formula is C36H45N3O5. The van der Waals surface area contributed by atoms with Crippen molar-refractivity contribution in [1.29, 1.82) is 0 Å². The number of hydrogen-bond donors (Lipinski definition) is 1. The summed E-state index contributed by atoms with van der Waals surface area (Å²) in [6, 6.07) is 17.3. The summed E-state index contributed by atoms with van der Waals surface area (Å²) in [4.78, 5) is 44.4. The number of nitrogens with zero attached hydrogens (tertiary/aromatic N) is 2. The Morgan fingerprint density at radius 3 is 2.05 bits per heavy atom. The minimum Gasteiger partial charge on any atom is -0.444 e. The molecule has 1 fully saturated rings. The second kappa shape index (κ2) is 13.2. The van der Waals surface area contributed by atoms with Crippen molar-refractivity contribution in [3.8, 4) is 11.1 Å². The molecule has 4 rings (SSSR count). The number of likely N-dealkylation sites (tertiary alicyclic amines) is 1. The number of nitrogens with one attached hydrogen (secondary N) is 1. The highest BCUT2D eigenvalue weighted by Crippen LogP contribution is 2.35. The van der Waals surface area contributed by atoms with Crippen LogP contribution >= 0.6 is 0 Å². The van der Waals surface area contributed by atoms with Crippen LogP contribution in [-0.2, 0) is 22.3 Å². The maximum Gasteiger partial charge on any atom is 0.412 e. The smallest absolute Gasteiger partial charge is 0.412 e. The van der Waals surface area contributed by atoms with Gasteiger partial charge in [0.25, 0.3) is 0 Å². The Labute approximate surface area is 261 Å². The van der Waals surface area contributed by atoms with Crippen LogP contribution in [0.1, 0.15) is 82.8 Å². The number of amides is 2. The zero-order valence-corrected chi connectivity index (χ0v) is 27.0. The number of Topliss-reactive ketones (excluding diaryl/α,β-unsaturated/α-hetero) is 1. The van der Waals surface area contributed by atoms with Crippen molar-refractivity contribution in [3.63, 3.8) is 0 Å². The van der Waals surface area contributed by atoms with E-state index in [0.29, 0.717) is 29.9 Å². The summed E-state index contributed by atoms with van der Waals surface area (Å²) in [5, 5.41) is 2.82. The molecule has 0 radical (unpaired) electrons. The van der Waals surface area contributed by atoms with Crippen LogP contribution < -0.4 is 5.32 Å². The molecule has 0 bridgehead atoms. The Morgan fingerprint density at radius 1 is 0.841 bits per heavy atom. The van der Waals surface area contributed by atoms with Crippen LogP contribution in [-0.4, -0.2) is 52.1 Å². The van der Waals surface area contributed by atoms with Crippen LogP contribution in [0.4, 0.5) is 15.3 Å². The molecule has 0 aliphatic carbocycles. The highest BCUT2D eigenvalue weighted by molar-refractivity contribution is 5.99. The lowest BCUT2D eigenvalue weighted by Gasteiger charge is -2.40. The third kappa shape index (κ3) is 9.40. The van der Waals surface area contributed by atoms with Crippen molar-refractivity contribution < 1.29 is 23.9 Å². The van der Waals surface area contributed by atoms with Crippen LogP contribution in [0.5, 0.6) is 0 Å². The van der Waals surface area contributed by atoms with E-state index in [1.807, 2.05) is 69.3 Å². The maximum absolute atomic E-state index is 13.5. The topological polar surface area (TPSA) is 97.8 Å². The monoisotopic (exact) mass is 599 g/mol. The summed E-state index contributed by atoms with van der Waals surface area (Å²) in [5.74, 6) is -0.0486. The first-order chi connectivity index (χ1) is 20.6. The molecule has 1 N–H and O–H groups in total. The van der Waals surface area contributed by atoms with Gasteiger partial charge in [0.05, 0.1) is 0 Å². The third-order valence-electron chi connectivity index (χ3n) is 7.63. The number of piperidine rings is 1. The fourth-order valence-electron chi connectivity index (χ4n) is 5.31. The molecule has 0 saturated carbocycles. The first kappa shape index (κ1) is 32.7. The molecule has 0 unspecified atom stereocenters. The maximum atomic E-state index is 13.5. The standard InChI is InChI=1S/C36H45N3O5/c1-34(2,3)43-32(41)38-30-13-12-28(26-14-18-37-19-15-26)22-29(30)23-31(40)27-10-8-25(9-11-27)24-36(7)16-20-39(21-17-36)33(42)44-35(4,5)6/h8-15,18-19,22H,16-17,20-21,23-24H2,1-7H3,(H,38,41). The van der Waals surface area contributed by atoms with Gasteiger partial charge in [-0.2, -0.15) is 0 Å². The number of carbonyl (C=O) groups is 3. The molecular weight excluding hydrogens is 554 g/mol. The van der Waals surface area contributed by atoms with E-state index in [9.17, 15) is 14.4 Å². The quantitative estimate of drug-likeness (QED) is 0.276. The number of ketones is 1. The average Bonchev–Trinajstić information content (AvgIpc) is 2.93. The summed E-state index contributed by atoms with van der Waals surface area (Å²) < 4.78 is 11.0. The van der Waals surface area contributed by atoms with Crippen LogP contribution in [0, 0.1) is 5.41 Å². The molecule has 0 spiro atoms. The Bertz CT molecular complexity index is 1460. The van der Waals surface area contributed by atoms with Gasteiger partial charge in [-0.1, -0.05) is 37.3 Å². The number of carbonyl (C=O) groups excluding carboxylic acids is 3. The molecule has 1 aromatic heterocycles. The third-order valence-corrected chi connectivity index (χ3v) is 7.63. The zero-order chi connectivity index (χ0) is 32.1. The van der Waals surface area contributed by atoms with Crippen molar-refractivity contribution in [1.82, 2.24) is 9.88 Å². The molecule has 2 aromatic carbocycles. The van der Waals surface area contributed by atoms with Crippen LogP contribution in [0.3, 0.4) is 0 Å². The van der Waals surface area contributed by atoms with Crippen molar-refractivity contribution >= 4 is 23.7 Å². The number of anilines is 1. The molecule has 2 heterocycles. The van der Waals surface area contributed by atoms with Gasteiger partial charge < -0.3 is 14.4 Å². The Kier molecular flexibility index (Phi) is 9.81. The summed E-state index contributed by atoms with van der Waals surface area (Å²) in [5.41, 5.74) is 3.79. The Hall–Kier alpha value is -4.20. The molecule has 2 amide bonds. The lowest BCUT2D eigenvalue weighted by atomic mass is 9.75. The van der Waals surface area contributed by atoms with Gasteiger partial charge in [0.1, 0.15) is 11.2 Å². The summed E-state index contributed by atoms with van der Waals surface area (Å²) in [6.45, 7) is 14.7. The van der Waals surface area contributed by atoms with Crippen LogP contribution in [0.25, 0.3) is 11.1 Å². The van der Waals surface area contributed by atoms with E-state index in [0.717, 1.165) is 36.0 Å². The first-order valence-electron chi connectivity index (χ1n) is 15.2. The molecule has 3 aromatic rings. The second-order valence-corrected chi connectivity index (χ2v) is 14.0. The van der Waals surface area contributed by atoms with Gasteiger partial charge in [-0.3, -0.25) is 15.1 Å². The minimum atomic E-state index is -0.648. The van der Waals surface area contributed by atoms with E-state index in [-0.39, 0.29) is 23.7 Å². The number of ether oxygens (including phenoxy) is 2. The Morgan fingerprint density at radius 2 is 1.45 bits per heavy atom.